The molecule has 0 aromatic carbocycles. The molecule has 2 aliphatic rings. The van der Waals surface area contributed by atoms with Gasteiger partial charge in [-0.05, 0) is 37.3 Å². The number of sulfonamides is 1. The van der Waals surface area contributed by atoms with Gasteiger partial charge in [0.1, 0.15) is 0 Å². The van der Waals surface area contributed by atoms with Gasteiger partial charge in [0.25, 0.3) is 0 Å². The lowest BCUT2D eigenvalue weighted by molar-refractivity contribution is -0.136. The van der Waals surface area contributed by atoms with E-state index in [9.17, 15) is 8.42 Å². The van der Waals surface area contributed by atoms with Crippen molar-refractivity contribution in [2.45, 2.75) is 31.9 Å². The molecule has 0 bridgehead atoms. The first-order valence-electron chi connectivity index (χ1n) is 8.25. The predicted octanol–water partition coefficient (Wildman–Crippen LogP) is 1.00. The fourth-order valence-electron chi connectivity index (χ4n) is 3.61. The molecule has 0 amide bonds. The van der Waals surface area contributed by atoms with E-state index in [1.807, 2.05) is 12.3 Å². The number of aromatic nitrogens is 1. The average molecular weight is 339 g/mol. The summed E-state index contributed by atoms with van der Waals surface area (Å²) >= 11 is 0. The van der Waals surface area contributed by atoms with Crippen molar-refractivity contribution < 1.29 is 13.2 Å². The Kier molecular flexibility index (Phi) is 5.01. The number of likely N-dealkylation sites (tertiary alicyclic amines) is 1. The van der Waals surface area contributed by atoms with Crippen molar-refractivity contribution in [3.63, 3.8) is 0 Å². The third-order valence-corrected chi connectivity index (χ3v) is 6.31. The molecule has 1 N–H and O–H groups in total. The molecule has 0 saturated carbocycles. The van der Waals surface area contributed by atoms with Gasteiger partial charge < -0.3 is 4.74 Å². The first-order chi connectivity index (χ1) is 11.0. The summed E-state index contributed by atoms with van der Waals surface area (Å²) in [5, 5.41) is 0. The molecule has 1 spiro atoms. The van der Waals surface area contributed by atoms with Crippen LogP contribution in [0, 0.1) is 5.92 Å². The molecular weight excluding hydrogens is 314 g/mol. The van der Waals surface area contributed by atoms with Crippen molar-refractivity contribution in [1.82, 2.24) is 14.6 Å². The maximum Gasteiger partial charge on any atom is 0.211 e. The van der Waals surface area contributed by atoms with Crippen LogP contribution in [0.25, 0.3) is 0 Å². The summed E-state index contributed by atoms with van der Waals surface area (Å²) in [6.07, 6.45) is 5.56. The zero-order valence-corrected chi connectivity index (χ0v) is 14.4. The topological polar surface area (TPSA) is 71.5 Å². The van der Waals surface area contributed by atoms with Crippen molar-refractivity contribution >= 4 is 10.0 Å². The standard InChI is InChI=1S/C16H25N3O3S/c1-2-23(20,21)18-8-5-15-6-9-22-16(15)12-19(13-16)11-14-4-3-7-17-10-14/h3-4,7,10,15,18H,2,5-6,8-9,11-13H2,1H3. The molecule has 1 unspecified atom stereocenters. The number of nitrogens with zero attached hydrogens (tertiary/aromatic N) is 2. The van der Waals surface area contributed by atoms with E-state index in [2.05, 4.69) is 20.7 Å². The number of hydrogen-bond donors (Lipinski definition) is 1. The van der Waals surface area contributed by atoms with Crippen molar-refractivity contribution in [3.8, 4) is 0 Å². The average Bonchev–Trinajstić information content (AvgIpc) is 2.92. The molecule has 1 atom stereocenters. The van der Waals surface area contributed by atoms with Gasteiger partial charge in [-0.25, -0.2) is 13.1 Å². The molecule has 7 heteroatoms. The zero-order valence-electron chi connectivity index (χ0n) is 13.6. The molecule has 128 valence electrons. The largest absolute Gasteiger partial charge is 0.372 e. The number of hydrogen-bond acceptors (Lipinski definition) is 5. The molecular formula is C16H25N3O3S. The van der Waals surface area contributed by atoms with Crippen LogP contribution in [0.5, 0.6) is 0 Å². The van der Waals surface area contributed by atoms with Crippen LogP contribution >= 0.6 is 0 Å². The normalized spacial score (nSPS) is 24.0. The van der Waals surface area contributed by atoms with Gasteiger partial charge in [0.2, 0.25) is 10.0 Å². The lowest BCUT2D eigenvalue weighted by Gasteiger charge is -2.50. The van der Waals surface area contributed by atoms with Gasteiger partial charge in [-0.1, -0.05) is 6.07 Å². The van der Waals surface area contributed by atoms with E-state index in [0.717, 1.165) is 39.1 Å². The highest BCUT2D eigenvalue weighted by Crippen LogP contribution is 2.41. The fraction of sp³-hybridized carbons (Fsp3) is 0.688. The van der Waals surface area contributed by atoms with Crippen LogP contribution in [0.4, 0.5) is 0 Å². The van der Waals surface area contributed by atoms with E-state index in [-0.39, 0.29) is 11.4 Å². The maximum absolute atomic E-state index is 11.5. The number of rotatable bonds is 7. The maximum atomic E-state index is 11.5. The zero-order chi connectivity index (χ0) is 16.3. The first-order valence-corrected chi connectivity index (χ1v) is 9.91. The minimum absolute atomic E-state index is 0.0696. The van der Waals surface area contributed by atoms with E-state index in [4.69, 9.17) is 4.74 Å². The van der Waals surface area contributed by atoms with Gasteiger partial charge in [0.05, 0.1) is 11.4 Å². The van der Waals surface area contributed by atoms with Crippen molar-refractivity contribution in [1.29, 1.82) is 0 Å². The van der Waals surface area contributed by atoms with E-state index < -0.39 is 10.0 Å². The Morgan fingerprint density at radius 2 is 2.30 bits per heavy atom. The molecule has 3 heterocycles. The van der Waals surface area contributed by atoms with Crippen LogP contribution < -0.4 is 4.72 Å². The SMILES string of the molecule is CCS(=O)(=O)NCCC1CCOC12CN(Cc1cccnc1)C2. The van der Waals surface area contributed by atoms with Crippen LogP contribution in [0.2, 0.25) is 0 Å². The van der Waals surface area contributed by atoms with Gasteiger partial charge in [-0.2, -0.15) is 0 Å². The first kappa shape index (κ1) is 16.8. The summed E-state index contributed by atoms with van der Waals surface area (Å²) < 4.78 is 31.7. The minimum atomic E-state index is -3.10. The summed E-state index contributed by atoms with van der Waals surface area (Å²) in [7, 11) is -3.10. The van der Waals surface area contributed by atoms with Gasteiger partial charge in [0.15, 0.2) is 0 Å². The monoisotopic (exact) mass is 339 g/mol. The van der Waals surface area contributed by atoms with Crippen LogP contribution in [-0.4, -0.2) is 55.9 Å². The van der Waals surface area contributed by atoms with Crippen LogP contribution in [0.15, 0.2) is 24.5 Å². The van der Waals surface area contributed by atoms with E-state index in [0.29, 0.717) is 12.5 Å². The second kappa shape index (κ2) is 6.84. The predicted molar refractivity (Wildman–Crippen MR) is 88.4 cm³/mol. The number of pyridine rings is 1. The van der Waals surface area contributed by atoms with E-state index in [1.54, 1.807) is 13.1 Å². The lowest BCUT2D eigenvalue weighted by atomic mass is 9.79. The van der Waals surface area contributed by atoms with Crippen molar-refractivity contribution in [2.75, 3.05) is 32.0 Å². The molecule has 1 aromatic heterocycles. The Hall–Kier alpha value is -1.02. The Morgan fingerprint density at radius 1 is 1.48 bits per heavy atom. The highest BCUT2D eigenvalue weighted by molar-refractivity contribution is 7.89. The smallest absolute Gasteiger partial charge is 0.211 e. The number of nitrogens with one attached hydrogen (secondary N) is 1. The third-order valence-electron chi connectivity index (χ3n) is 4.91. The molecule has 0 radical (unpaired) electrons. The van der Waals surface area contributed by atoms with Crippen LogP contribution in [0.3, 0.4) is 0 Å². The summed E-state index contributed by atoms with van der Waals surface area (Å²) in [6.45, 7) is 5.69. The summed E-state index contributed by atoms with van der Waals surface area (Å²) in [6, 6.07) is 4.05. The highest BCUT2D eigenvalue weighted by atomic mass is 32.2. The summed E-state index contributed by atoms with van der Waals surface area (Å²) in [5.74, 6) is 0.574. The fourth-order valence-corrected chi connectivity index (χ4v) is 4.24. The third kappa shape index (κ3) is 3.91. The molecule has 2 aliphatic heterocycles. The van der Waals surface area contributed by atoms with Crippen LogP contribution in [0.1, 0.15) is 25.3 Å². The highest BCUT2D eigenvalue weighted by Gasteiger charge is 2.52. The molecule has 3 rings (SSSR count). The number of ether oxygens (including phenoxy) is 1. The molecule has 2 saturated heterocycles. The van der Waals surface area contributed by atoms with Crippen molar-refractivity contribution in [2.24, 2.45) is 5.92 Å². The molecule has 0 aliphatic carbocycles. The van der Waals surface area contributed by atoms with E-state index >= 15 is 0 Å². The van der Waals surface area contributed by atoms with Gasteiger partial charge in [-0.3, -0.25) is 9.88 Å². The van der Waals surface area contributed by atoms with Crippen molar-refractivity contribution in [3.05, 3.63) is 30.1 Å². The Labute approximate surface area is 138 Å². The minimum Gasteiger partial charge on any atom is -0.372 e. The second-order valence-electron chi connectivity index (χ2n) is 6.49. The Balaban J connectivity index is 1.48. The second-order valence-corrected chi connectivity index (χ2v) is 8.59. The lowest BCUT2D eigenvalue weighted by Crippen LogP contribution is -2.64. The van der Waals surface area contributed by atoms with Gasteiger partial charge in [0, 0.05) is 45.2 Å². The van der Waals surface area contributed by atoms with Gasteiger partial charge >= 0.3 is 0 Å². The molecule has 6 nitrogen and oxygen atoms in total. The van der Waals surface area contributed by atoms with E-state index in [1.165, 1.54) is 5.56 Å². The molecule has 1 aromatic rings. The molecule has 23 heavy (non-hydrogen) atoms. The summed E-state index contributed by atoms with van der Waals surface area (Å²) in [4.78, 5) is 6.52. The summed E-state index contributed by atoms with van der Waals surface area (Å²) in [5.41, 5.74) is 1.15. The Bertz CT molecular complexity index is 615. The Morgan fingerprint density at radius 3 is 3.00 bits per heavy atom. The molecule has 2 fully saturated rings. The quantitative estimate of drug-likeness (QED) is 0.802. The van der Waals surface area contributed by atoms with Crippen LogP contribution in [-0.2, 0) is 21.3 Å². The van der Waals surface area contributed by atoms with Gasteiger partial charge in [-0.15, -0.1) is 0 Å².